The zero-order chi connectivity index (χ0) is 8.43. The monoisotopic (exact) mass is 183 g/mol. The van der Waals surface area contributed by atoms with Gasteiger partial charge in [0.25, 0.3) is 0 Å². The van der Waals surface area contributed by atoms with Gasteiger partial charge in [0.2, 0.25) is 0 Å². The molecule has 0 radical (unpaired) electrons. The summed E-state index contributed by atoms with van der Waals surface area (Å²) in [4.78, 5) is 10.2. The van der Waals surface area contributed by atoms with E-state index in [2.05, 4.69) is 14.0 Å². The highest BCUT2D eigenvalue weighted by molar-refractivity contribution is 7.39. The lowest BCUT2D eigenvalue weighted by Gasteiger charge is -1.92. The van der Waals surface area contributed by atoms with Gasteiger partial charge in [0.1, 0.15) is 0 Å². The predicted molar refractivity (Wildman–Crippen MR) is 30.9 cm³/mol. The Balaban J connectivity index is 2.59. The molecule has 0 aliphatic carbocycles. The quantitative estimate of drug-likeness (QED) is 0.474. The highest BCUT2D eigenvalue weighted by Gasteiger charge is 2.52. The summed E-state index contributed by atoms with van der Waals surface area (Å²) in [5.41, 5.74) is 0. The van der Waals surface area contributed by atoms with Crippen LogP contribution in [0.25, 0.3) is 0 Å². The normalized spacial score (nSPS) is 31.1. The van der Waals surface area contributed by atoms with Crippen molar-refractivity contribution in [3.8, 4) is 0 Å². The molecule has 62 valence electrons. The van der Waals surface area contributed by atoms with Crippen molar-refractivity contribution in [2.24, 2.45) is 0 Å². The van der Waals surface area contributed by atoms with Gasteiger partial charge in [-0.2, -0.15) is 4.39 Å². The molecule has 0 spiro atoms. The molecule has 0 bridgehead atoms. The van der Waals surface area contributed by atoms with Gasteiger partial charge in [-0.25, -0.2) is 4.79 Å². The lowest BCUT2D eigenvalue weighted by Crippen LogP contribution is -2.13. The predicted octanol–water partition coefficient (Wildman–Crippen LogP) is 1.16. The summed E-state index contributed by atoms with van der Waals surface area (Å²) in [6.07, 6.45) is -3.16. The first-order chi connectivity index (χ1) is 5.15. The van der Waals surface area contributed by atoms with Crippen molar-refractivity contribution in [3.63, 3.8) is 0 Å². The van der Waals surface area contributed by atoms with Crippen molar-refractivity contribution in [1.82, 2.24) is 0 Å². The van der Waals surface area contributed by atoms with Crippen molar-refractivity contribution in [2.75, 3.05) is 7.11 Å². The Morgan fingerprint density at radius 2 is 2.27 bits per heavy atom. The second kappa shape index (κ2) is 3.11. The van der Waals surface area contributed by atoms with Gasteiger partial charge in [0, 0.05) is 0 Å². The molecule has 1 rings (SSSR count). The first kappa shape index (κ1) is 8.36. The fourth-order valence-corrected chi connectivity index (χ4v) is 1.20. The van der Waals surface area contributed by atoms with E-state index in [4.69, 9.17) is 0 Å². The van der Waals surface area contributed by atoms with Crippen LogP contribution in [0.1, 0.15) is 0 Å². The largest absolute Gasteiger partial charge is 0.560 e. The summed E-state index contributed by atoms with van der Waals surface area (Å²) in [6, 6.07) is 0. The number of rotatable bonds is 2. The maximum absolute atomic E-state index is 12.4. The second-order valence-corrected chi connectivity index (χ2v) is 3.14. The topological polar surface area (TPSA) is 61.8 Å². The molecule has 1 aliphatic heterocycles. The molecule has 1 aliphatic rings. The molecule has 0 aromatic heterocycles. The zero-order valence-electron chi connectivity index (χ0n) is 5.52. The lowest BCUT2D eigenvalue weighted by atomic mass is 10.7. The second-order valence-electron chi connectivity index (χ2n) is 1.70. The van der Waals surface area contributed by atoms with E-state index in [0.29, 0.717) is 0 Å². The van der Waals surface area contributed by atoms with Crippen LogP contribution in [-0.2, 0) is 18.6 Å². The van der Waals surface area contributed by atoms with Gasteiger partial charge in [-0.15, -0.1) is 4.52 Å². The number of alkyl halides is 1. The summed E-state index contributed by atoms with van der Waals surface area (Å²) in [5.74, 6) is -1.43. The van der Waals surface area contributed by atoms with Crippen LogP contribution in [0.2, 0.25) is 0 Å². The average molecular weight is 183 g/mol. The first-order valence-corrected chi connectivity index (χ1v) is 3.91. The number of ether oxygens (including phenoxy) is 2. The summed E-state index contributed by atoms with van der Waals surface area (Å²) in [6.45, 7) is 0. The van der Waals surface area contributed by atoms with Gasteiger partial charge in [-0.3, -0.25) is 0 Å². The molecule has 3 unspecified atom stereocenters. The van der Waals surface area contributed by atoms with E-state index in [1.165, 1.54) is 0 Å². The lowest BCUT2D eigenvalue weighted by molar-refractivity contribution is 0.0494. The van der Waals surface area contributed by atoms with Crippen LogP contribution in [0, 0.1) is 0 Å². The summed E-state index contributed by atoms with van der Waals surface area (Å²) < 4.78 is 35.5. The minimum Gasteiger partial charge on any atom is -0.390 e. The Labute approximate surface area is 62.3 Å². The Morgan fingerprint density at radius 1 is 1.64 bits per heavy atom. The SMILES string of the molecule is CO[P+](=O)C1OC(=O)OC1F. The molecule has 0 saturated carbocycles. The van der Waals surface area contributed by atoms with Gasteiger partial charge in [-0.1, -0.05) is 0 Å². The van der Waals surface area contributed by atoms with E-state index in [0.717, 1.165) is 7.11 Å². The molecule has 1 saturated heterocycles. The number of hydrogen-bond donors (Lipinski definition) is 0. The van der Waals surface area contributed by atoms with Gasteiger partial charge in [-0.05, 0) is 4.57 Å². The summed E-state index contributed by atoms with van der Waals surface area (Å²) >= 11 is 0. The maximum Gasteiger partial charge on any atom is 0.560 e. The first-order valence-electron chi connectivity index (χ1n) is 2.67. The van der Waals surface area contributed by atoms with Crippen LogP contribution >= 0.6 is 8.03 Å². The third-order valence-corrected chi connectivity index (χ3v) is 2.15. The van der Waals surface area contributed by atoms with Crippen LogP contribution in [-0.4, -0.2) is 25.5 Å². The van der Waals surface area contributed by atoms with E-state index in [-0.39, 0.29) is 0 Å². The highest BCUT2D eigenvalue weighted by Crippen LogP contribution is 2.37. The van der Waals surface area contributed by atoms with Gasteiger partial charge >= 0.3 is 26.4 Å². The van der Waals surface area contributed by atoms with Gasteiger partial charge in [0.05, 0.1) is 7.11 Å². The van der Waals surface area contributed by atoms with Crippen LogP contribution in [0.15, 0.2) is 0 Å². The molecular weight excluding hydrogens is 178 g/mol. The number of carbonyl (C=O) groups is 1. The van der Waals surface area contributed by atoms with Gasteiger partial charge in [0.15, 0.2) is 0 Å². The van der Waals surface area contributed by atoms with Crippen molar-refractivity contribution in [1.29, 1.82) is 0 Å². The maximum atomic E-state index is 12.4. The molecular formula is C4H5FO5P+. The third-order valence-electron chi connectivity index (χ3n) is 1.04. The van der Waals surface area contributed by atoms with Crippen LogP contribution in [0.5, 0.6) is 0 Å². The van der Waals surface area contributed by atoms with Gasteiger partial charge < -0.3 is 9.47 Å². The van der Waals surface area contributed by atoms with Crippen LogP contribution < -0.4 is 0 Å². The molecule has 0 amide bonds. The number of halogens is 1. The van der Waals surface area contributed by atoms with Crippen LogP contribution in [0.4, 0.5) is 9.18 Å². The summed E-state index contributed by atoms with van der Waals surface area (Å²) in [5, 5.41) is 0. The van der Waals surface area contributed by atoms with E-state index in [1.807, 2.05) is 0 Å². The molecule has 0 aromatic rings. The summed E-state index contributed by atoms with van der Waals surface area (Å²) in [7, 11) is -1.22. The minimum absolute atomic E-state index is 1.12. The minimum atomic E-state index is -2.34. The van der Waals surface area contributed by atoms with Crippen LogP contribution in [0.3, 0.4) is 0 Å². The van der Waals surface area contributed by atoms with Crippen molar-refractivity contribution < 1.29 is 27.7 Å². The van der Waals surface area contributed by atoms with Crippen molar-refractivity contribution >= 4 is 14.2 Å². The fraction of sp³-hybridized carbons (Fsp3) is 0.750. The zero-order valence-corrected chi connectivity index (χ0v) is 6.42. The van der Waals surface area contributed by atoms with E-state index in [1.54, 1.807) is 0 Å². The van der Waals surface area contributed by atoms with Crippen molar-refractivity contribution in [2.45, 2.75) is 12.2 Å². The average Bonchev–Trinajstić information content (AvgIpc) is 2.28. The van der Waals surface area contributed by atoms with E-state index >= 15 is 0 Å². The Hall–Kier alpha value is -0.740. The molecule has 1 fully saturated rings. The highest BCUT2D eigenvalue weighted by atomic mass is 31.1. The molecule has 3 atom stereocenters. The molecule has 0 N–H and O–H groups in total. The van der Waals surface area contributed by atoms with E-state index in [9.17, 15) is 13.8 Å². The smallest absolute Gasteiger partial charge is 0.390 e. The molecule has 1 heterocycles. The molecule has 7 heteroatoms. The Morgan fingerprint density at radius 3 is 2.64 bits per heavy atom. The van der Waals surface area contributed by atoms with Crippen molar-refractivity contribution in [3.05, 3.63) is 0 Å². The Bertz CT molecular complexity index is 195. The molecule has 0 aromatic carbocycles. The Kier molecular flexibility index (Phi) is 2.36. The number of cyclic esters (lactones) is 2. The molecule has 5 nitrogen and oxygen atoms in total. The molecule has 11 heavy (non-hydrogen) atoms. The number of carbonyl (C=O) groups excluding carboxylic acids is 1. The third kappa shape index (κ3) is 1.64. The fourth-order valence-electron chi connectivity index (χ4n) is 0.573. The van der Waals surface area contributed by atoms with E-state index < -0.39 is 26.4 Å². The number of hydrogen-bond acceptors (Lipinski definition) is 5. The standard InChI is InChI=1S/C4H5FO5P/c1-8-11(7)3-2(5)9-4(6)10-3/h2-3H,1H3/q+1.